The highest BCUT2D eigenvalue weighted by Gasteiger charge is 2.33. The average Bonchev–Trinajstić information content (AvgIpc) is 3.99. The van der Waals surface area contributed by atoms with Crippen LogP contribution in [0.15, 0.2) is 79.1 Å². The Balaban J connectivity index is 0.716. The number of ether oxygens (including phenoxy) is 1. The van der Waals surface area contributed by atoms with E-state index in [1.54, 1.807) is 37.2 Å². The third-order valence-corrected chi connectivity index (χ3v) is 13.4. The fraction of sp³-hybridized carbons (Fsp3) is 0.458. The molecule has 3 saturated heterocycles. The Morgan fingerprint density at radius 1 is 0.794 bits per heavy atom. The van der Waals surface area contributed by atoms with Gasteiger partial charge in [0.15, 0.2) is 0 Å². The van der Waals surface area contributed by atoms with E-state index in [0.29, 0.717) is 36.3 Å². The van der Waals surface area contributed by atoms with Gasteiger partial charge in [-0.2, -0.15) is 4.98 Å². The molecule has 2 aromatic carbocycles. The van der Waals surface area contributed by atoms with E-state index in [2.05, 4.69) is 47.8 Å². The van der Waals surface area contributed by atoms with Crippen molar-refractivity contribution in [2.24, 2.45) is 5.92 Å². The molecule has 4 fully saturated rings. The molecule has 6 heterocycles. The number of imide groups is 1. The quantitative estimate of drug-likeness (QED) is 0.129. The number of piperazine rings is 1. The number of pyridine rings is 1. The molecule has 3 aliphatic heterocycles. The van der Waals surface area contributed by atoms with E-state index >= 15 is 0 Å². The Kier molecular flexibility index (Phi) is 12.5. The Bertz CT molecular complexity index is 2380. The van der Waals surface area contributed by atoms with Crippen molar-refractivity contribution < 1.29 is 19.1 Å². The molecule has 1 saturated carbocycles. The Hall–Kier alpha value is -6.22. The number of carbonyl (C=O) groups is 3. The number of nitrogens with zero attached hydrogens (tertiary/aromatic N) is 10. The molecule has 1 aliphatic carbocycles. The lowest BCUT2D eigenvalue weighted by molar-refractivity contribution is -0.129. The van der Waals surface area contributed by atoms with Crippen LogP contribution in [-0.4, -0.2) is 126 Å². The molecule has 0 radical (unpaired) electrons. The van der Waals surface area contributed by atoms with E-state index in [4.69, 9.17) is 14.7 Å². The van der Waals surface area contributed by atoms with E-state index < -0.39 is 0 Å². The maximum Gasteiger partial charge on any atom is 0.331 e. The predicted octanol–water partition coefficient (Wildman–Crippen LogP) is 7.18. The van der Waals surface area contributed by atoms with Crippen LogP contribution in [0.3, 0.4) is 0 Å². The number of aromatic nitrogens is 4. The number of urea groups is 1. The summed E-state index contributed by atoms with van der Waals surface area (Å²) in [5.41, 5.74) is 5.45. The number of nitrogens with one attached hydrogen (secondary N) is 1. The minimum absolute atomic E-state index is 0.0182. The van der Waals surface area contributed by atoms with E-state index in [1.165, 1.54) is 29.8 Å². The smallest absolute Gasteiger partial charge is 0.331 e. The number of anilines is 5. The number of carbonyl (C=O) groups excluding carboxylic acids is 3. The van der Waals surface area contributed by atoms with Crippen LogP contribution in [0.25, 0.3) is 11.0 Å². The minimum atomic E-state index is -0.279. The highest BCUT2D eigenvalue weighted by molar-refractivity contribution is 6.05. The van der Waals surface area contributed by atoms with Crippen molar-refractivity contribution in [3.63, 3.8) is 0 Å². The molecular weight excluding hydrogens is 795 g/mol. The topological polar surface area (TPSA) is 136 Å². The molecule has 5 aromatic rings. The summed E-state index contributed by atoms with van der Waals surface area (Å²) in [7, 11) is 5.19. The first-order valence-electron chi connectivity index (χ1n) is 22.6. The number of piperidine rings is 1. The number of benzene rings is 2. The second-order valence-corrected chi connectivity index (χ2v) is 17.6. The van der Waals surface area contributed by atoms with Crippen molar-refractivity contribution >= 4 is 57.7 Å². The SMILES string of the molecule is COc1ccc(CN2C(=O)CCN(c3ccc(N4CCC(CCN5CCN(c6ccc(Nc7ncc8cc(C(=O)N(C)C)n(C9CCCC9)c8n7)nc6)CC5)CC4)cc3)C2=O)cc1. The van der Waals surface area contributed by atoms with Gasteiger partial charge in [0.25, 0.3) is 5.91 Å². The molecule has 1 N–H and O–H groups in total. The van der Waals surface area contributed by atoms with Gasteiger partial charge in [-0.25, -0.2) is 14.8 Å². The van der Waals surface area contributed by atoms with Crippen molar-refractivity contribution in [2.75, 3.05) is 93.6 Å². The van der Waals surface area contributed by atoms with Crippen LogP contribution in [0.5, 0.6) is 5.75 Å². The van der Waals surface area contributed by atoms with Crippen LogP contribution in [0.4, 0.5) is 33.6 Å². The minimum Gasteiger partial charge on any atom is -0.497 e. The van der Waals surface area contributed by atoms with Gasteiger partial charge in [0, 0.05) is 95.3 Å². The molecule has 330 valence electrons. The van der Waals surface area contributed by atoms with Gasteiger partial charge in [0.2, 0.25) is 11.9 Å². The van der Waals surface area contributed by atoms with Crippen molar-refractivity contribution in [3.05, 3.63) is 90.4 Å². The molecule has 0 spiro atoms. The lowest BCUT2D eigenvalue weighted by Gasteiger charge is -2.38. The molecule has 0 atom stereocenters. The third kappa shape index (κ3) is 9.29. The van der Waals surface area contributed by atoms with Crippen LogP contribution in [0, 0.1) is 5.92 Å². The van der Waals surface area contributed by atoms with Crippen molar-refractivity contribution in [3.8, 4) is 5.75 Å². The largest absolute Gasteiger partial charge is 0.497 e. The molecule has 4 amide bonds. The summed E-state index contributed by atoms with van der Waals surface area (Å²) in [6.07, 6.45) is 12.0. The molecule has 3 aromatic heterocycles. The van der Waals surface area contributed by atoms with Gasteiger partial charge in [-0.3, -0.25) is 24.3 Å². The molecule has 0 unspecified atom stereocenters. The highest BCUT2D eigenvalue weighted by Crippen LogP contribution is 2.35. The van der Waals surface area contributed by atoms with Crippen molar-refractivity contribution in [2.45, 2.75) is 64.0 Å². The lowest BCUT2D eigenvalue weighted by Crippen LogP contribution is -2.52. The van der Waals surface area contributed by atoms with E-state index in [0.717, 1.165) is 105 Å². The molecule has 4 aliphatic rings. The average molecular weight is 854 g/mol. The van der Waals surface area contributed by atoms with Crippen molar-refractivity contribution in [1.29, 1.82) is 0 Å². The van der Waals surface area contributed by atoms with Gasteiger partial charge in [0.05, 0.1) is 25.5 Å². The van der Waals surface area contributed by atoms with Gasteiger partial charge >= 0.3 is 6.03 Å². The molecule has 15 nitrogen and oxygen atoms in total. The molecule has 0 bridgehead atoms. The van der Waals surface area contributed by atoms with E-state index in [9.17, 15) is 14.4 Å². The van der Waals surface area contributed by atoms with Gasteiger partial charge in [-0.1, -0.05) is 25.0 Å². The monoisotopic (exact) mass is 853 g/mol. The predicted molar refractivity (Wildman–Crippen MR) is 246 cm³/mol. The van der Waals surface area contributed by atoms with Crippen LogP contribution < -0.4 is 24.8 Å². The van der Waals surface area contributed by atoms with E-state index in [1.807, 2.05) is 54.7 Å². The Morgan fingerprint density at radius 2 is 1.49 bits per heavy atom. The summed E-state index contributed by atoms with van der Waals surface area (Å²) in [6.45, 7) is 7.79. The second kappa shape index (κ2) is 18.6. The molecule has 9 rings (SSSR count). The van der Waals surface area contributed by atoms with Gasteiger partial charge in [-0.05, 0) is 105 Å². The van der Waals surface area contributed by atoms with Crippen LogP contribution >= 0.6 is 0 Å². The fourth-order valence-electron chi connectivity index (χ4n) is 9.67. The zero-order valence-corrected chi connectivity index (χ0v) is 36.8. The Labute approximate surface area is 369 Å². The first-order valence-corrected chi connectivity index (χ1v) is 22.6. The summed E-state index contributed by atoms with van der Waals surface area (Å²) in [4.78, 5) is 65.7. The number of hydrogen-bond acceptors (Lipinski definition) is 11. The lowest BCUT2D eigenvalue weighted by atomic mass is 9.93. The first kappa shape index (κ1) is 42.1. The summed E-state index contributed by atoms with van der Waals surface area (Å²) in [6, 6.07) is 21.7. The number of methoxy groups -OCH3 is 1. The molecular formula is C48H59N11O4. The number of rotatable bonds is 13. The number of fused-ring (bicyclic) bond motifs is 1. The first-order chi connectivity index (χ1) is 30.7. The van der Waals surface area contributed by atoms with E-state index in [-0.39, 0.29) is 30.4 Å². The van der Waals surface area contributed by atoms with Crippen LogP contribution in [0.1, 0.15) is 73.5 Å². The summed E-state index contributed by atoms with van der Waals surface area (Å²) in [5.74, 6) is 2.44. The van der Waals surface area contributed by atoms with Crippen LogP contribution in [-0.2, 0) is 11.3 Å². The summed E-state index contributed by atoms with van der Waals surface area (Å²) >= 11 is 0. The molecule has 63 heavy (non-hydrogen) atoms. The van der Waals surface area contributed by atoms with Crippen molar-refractivity contribution in [1.82, 2.24) is 34.2 Å². The maximum atomic E-state index is 13.5. The normalized spacial score (nSPS) is 18.1. The standard InChI is InChI=1S/C48H59N11O4/c1-53(2)46(61)42-30-36-31-50-47(52-45(36)59(42)39-6-4-5-7-39)51-43-17-14-40(32-49-43)56-28-26-54(27-29-56)22-18-34-19-23-55(24-20-34)37-10-12-38(13-11-37)57-25-21-44(60)58(48(57)62)33-35-8-15-41(63-3)16-9-35/h8-17,30-32,34,39H,4-7,18-29,33H2,1-3H3,(H,49,50,51,52). The summed E-state index contributed by atoms with van der Waals surface area (Å²) in [5, 5.41) is 4.17. The van der Waals surface area contributed by atoms with Gasteiger partial charge in [-0.15, -0.1) is 0 Å². The van der Waals surface area contributed by atoms with Crippen LogP contribution in [0.2, 0.25) is 0 Å². The Morgan fingerprint density at radius 3 is 2.17 bits per heavy atom. The maximum absolute atomic E-state index is 13.5. The molecule has 15 heteroatoms. The zero-order valence-electron chi connectivity index (χ0n) is 36.8. The number of hydrogen-bond donors (Lipinski definition) is 1. The van der Waals surface area contributed by atoms with Gasteiger partial charge < -0.3 is 29.3 Å². The zero-order chi connectivity index (χ0) is 43.5. The second-order valence-electron chi connectivity index (χ2n) is 17.6. The summed E-state index contributed by atoms with van der Waals surface area (Å²) < 4.78 is 7.38. The number of amides is 4. The highest BCUT2D eigenvalue weighted by atomic mass is 16.5. The van der Waals surface area contributed by atoms with Gasteiger partial charge in [0.1, 0.15) is 22.9 Å². The fourth-order valence-corrected chi connectivity index (χ4v) is 9.67. The third-order valence-electron chi connectivity index (χ3n) is 13.4.